The minimum Gasteiger partial charge on any atom is -0.481 e. The number of carboxylic acid groups (broad SMARTS) is 3. The van der Waals surface area contributed by atoms with Crippen LogP contribution in [-0.2, 0) is 20.1 Å². The lowest BCUT2D eigenvalue weighted by Crippen LogP contribution is -2.52. The van der Waals surface area contributed by atoms with Gasteiger partial charge in [-0.3, -0.25) is 4.79 Å². The van der Waals surface area contributed by atoms with E-state index in [1.54, 1.807) is 12.1 Å². The number of rotatable bonds is 11. The van der Waals surface area contributed by atoms with E-state index in [4.69, 9.17) is 10.2 Å². The molecule has 27 heavy (non-hydrogen) atoms. The first-order chi connectivity index (χ1) is 12.7. The van der Waals surface area contributed by atoms with Crippen LogP contribution in [0.1, 0.15) is 18.4 Å². The Hall–Kier alpha value is -2.82. The monoisotopic (exact) mass is 402 g/mol. The topological polar surface area (TPSA) is 153 Å². The lowest BCUT2D eigenvalue weighted by Gasteiger charge is -2.18. The van der Waals surface area contributed by atoms with Crippen LogP contribution in [0.15, 0.2) is 24.3 Å². The summed E-state index contributed by atoms with van der Waals surface area (Å²) in [6.45, 7) is 0. The Bertz CT molecular complexity index is 684. The molecule has 0 aliphatic heterocycles. The van der Waals surface area contributed by atoms with E-state index in [-0.39, 0.29) is 18.0 Å². The van der Waals surface area contributed by atoms with Gasteiger partial charge in [-0.25, -0.2) is 18.8 Å². The standard InChI is InChI=1S/C16H19FN2O7S/c17-10-3-1-9(2-4-10)7-27-8-12(15(24)25)19-16(26)18-11(14(22)23)5-6-13(20)21/h1-4,11-12H,5-8H2,(H,20,21)(H,22,23)(H,24,25)(H2,18,19,26). The molecule has 1 aromatic rings. The third-order valence-corrected chi connectivity index (χ3v) is 4.43. The molecule has 0 spiro atoms. The number of amides is 2. The second-order valence-electron chi connectivity index (χ2n) is 5.47. The highest BCUT2D eigenvalue weighted by atomic mass is 32.2. The van der Waals surface area contributed by atoms with E-state index in [2.05, 4.69) is 5.32 Å². The van der Waals surface area contributed by atoms with Gasteiger partial charge in [0.1, 0.15) is 17.9 Å². The van der Waals surface area contributed by atoms with Gasteiger partial charge in [0.2, 0.25) is 0 Å². The lowest BCUT2D eigenvalue weighted by molar-refractivity contribution is -0.140. The summed E-state index contributed by atoms with van der Waals surface area (Å²) < 4.78 is 12.8. The molecule has 148 valence electrons. The molecule has 0 aliphatic rings. The van der Waals surface area contributed by atoms with Crippen LogP contribution in [0.25, 0.3) is 0 Å². The van der Waals surface area contributed by atoms with Gasteiger partial charge in [-0.05, 0) is 24.1 Å². The lowest BCUT2D eigenvalue weighted by atomic mass is 10.1. The molecule has 0 bridgehead atoms. The molecule has 0 saturated heterocycles. The molecule has 0 heterocycles. The summed E-state index contributed by atoms with van der Waals surface area (Å²) in [6.07, 6.45) is -0.803. The van der Waals surface area contributed by atoms with E-state index in [1.807, 2.05) is 5.32 Å². The van der Waals surface area contributed by atoms with E-state index < -0.39 is 42.4 Å². The van der Waals surface area contributed by atoms with Crippen molar-refractivity contribution in [2.75, 3.05) is 5.75 Å². The molecule has 2 atom stereocenters. The highest BCUT2D eigenvalue weighted by Gasteiger charge is 2.24. The summed E-state index contributed by atoms with van der Waals surface area (Å²) in [5.74, 6) is -3.96. The highest BCUT2D eigenvalue weighted by Crippen LogP contribution is 2.14. The fraction of sp³-hybridized carbons (Fsp3) is 0.375. The summed E-state index contributed by atoms with van der Waals surface area (Å²) in [5, 5.41) is 30.9. The van der Waals surface area contributed by atoms with Crippen LogP contribution in [-0.4, -0.2) is 57.1 Å². The first kappa shape index (κ1) is 22.2. The Morgan fingerprint density at radius 2 is 1.52 bits per heavy atom. The number of benzene rings is 1. The van der Waals surface area contributed by atoms with Crippen molar-refractivity contribution < 1.29 is 38.9 Å². The third-order valence-electron chi connectivity index (χ3n) is 3.32. The van der Waals surface area contributed by atoms with Crippen molar-refractivity contribution >= 4 is 35.7 Å². The van der Waals surface area contributed by atoms with Crippen LogP contribution in [0.4, 0.5) is 9.18 Å². The molecule has 1 rings (SSSR count). The first-order valence-corrected chi connectivity index (χ1v) is 8.91. The van der Waals surface area contributed by atoms with Gasteiger partial charge in [0, 0.05) is 17.9 Å². The minimum absolute atomic E-state index is 0.00695. The van der Waals surface area contributed by atoms with Crippen molar-refractivity contribution in [2.45, 2.75) is 30.7 Å². The van der Waals surface area contributed by atoms with Crippen molar-refractivity contribution in [1.82, 2.24) is 10.6 Å². The van der Waals surface area contributed by atoms with Crippen molar-refractivity contribution in [3.63, 3.8) is 0 Å². The van der Waals surface area contributed by atoms with Gasteiger partial charge in [-0.1, -0.05) is 12.1 Å². The van der Waals surface area contributed by atoms with Crippen LogP contribution in [0.3, 0.4) is 0 Å². The smallest absolute Gasteiger partial charge is 0.327 e. The molecule has 0 aromatic heterocycles. The number of halogens is 1. The van der Waals surface area contributed by atoms with Crippen LogP contribution in [0, 0.1) is 5.82 Å². The van der Waals surface area contributed by atoms with Gasteiger partial charge >= 0.3 is 23.9 Å². The van der Waals surface area contributed by atoms with Gasteiger partial charge in [-0.2, -0.15) is 11.8 Å². The molecule has 9 nitrogen and oxygen atoms in total. The van der Waals surface area contributed by atoms with Crippen LogP contribution in [0.5, 0.6) is 0 Å². The highest BCUT2D eigenvalue weighted by molar-refractivity contribution is 7.98. The van der Waals surface area contributed by atoms with Gasteiger partial charge in [0.25, 0.3) is 0 Å². The molecular weight excluding hydrogens is 383 g/mol. The van der Waals surface area contributed by atoms with Crippen molar-refractivity contribution in [3.8, 4) is 0 Å². The summed E-state index contributed by atoms with van der Waals surface area (Å²) in [5.41, 5.74) is 0.773. The average Bonchev–Trinajstić information content (AvgIpc) is 2.58. The Labute approximate surface area is 157 Å². The van der Waals surface area contributed by atoms with Crippen molar-refractivity contribution in [3.05, 3.63) is 35.6 Å². The predicted molar refractivity (Wildman–Crippen MR) is 93.9 cm³/mol. The number of urea groups is 1. The Balaban J connectivity index is 2.52. The van der Waals surface area contributed by atoms with Crippen molar-refractivity contribution in [1.29, 1.82) is 0 Å². The Morgan fingerprint density at radius 3 is 2.04 bits per heavy atom. The summed E-state index contributed by atoms with van der Waals surface area (Å²) >= 11 is 1.19. The van der Waals surface area contributed by atoms with E-state index in [1.165, 1.54) is 23.9 Å². The zero-order valence-electron chi connectivity index (χ0n) is 14.1. The predicted octanol–water partition coefficient (Wildman–Crippen LogP) is 1.13. The number of hydrogen-bond donors (Lipinski definition) is 5. The van der Waals surface area contributed by atoms with Crippen LogP contribution >= 0.6 is 11.8 Å². The molecule has 11 heteroatoms. The Morgan fingerprint density at radius 1 is 0.963 bits per heavy atom. The van der Waals surface area contributed by atoms with Gasteiger partial charge < -0.3 is 26.0 Å². The SMILES string of the molecule is O=C(O)CCC(NC(=O)NC(CSCc1ccc(F)cc1)C(=O)O)C(=O)O. The fourth-order valence-corrected chi connectivity index (χ4v) is 2.94. The quantitative estimate of drug-likeness (QED) is 0.369. The first-order valence-electron chi connectivity index (χ1n) is 7.75. The van der Waals surface area contributed by atoms with Gasteiger partial charge in [0.05, 0.1) is 0 Å². The zero-order valence-corrected chi connectivity index (χ0v) is 14.9. The van der Waals surface area contributed by atoms with E-state index in [0.717, 1.165) is 5.56 Å². The maximum atomic E-state index is 12.8. The number of aliphatic carboxylic acids is 3. The maximum Gasteiger partial charge on any atom is 0.327 e. The second-order valence-corrected chi connectivity index (χ2v) is 6.50. The fourth-order valence-electron chi connectivity index (χ4n) is 1.93. The molecule has 0 aliphatic carbocycles. The largest absolute Gasteiger partial charge is 0.481 e. The summed E-state index contributed by atoms with van der Waals surface area (Å²) in [4.78, 5) is 44.6. The number of carbonyl (C=O) groups excluding carboxylic acids is 1. The molecule has 1 aromatic carbocycles. The van der Waals surface area contributed by atoms with Gasteiger partial charge in [-0.15, -0.1) is 0 Å². The molecule has 2 amide bonds. The third kappa shape index (κ3) is 8.90. The molecule has 2 unspecified atom stereocenters. The normalized spacial score (nSPS) is 12.6. The second kappa shape index (κ2) is 11.0. The zero-order chi connectivity index (χ0) is 20.4. The molecule has 0 fully saturated rings. The molecular formula is C16H19FN2O7S. The molecule has 5 N–H and O–H groups in total. The van der Waals surface area contributed by atoms with Crippen LogP contribution < -0.4 is 10.6 Å². The minimum atomic E-state index is -1.46. The summed E-state index contributed by atoms with van der Waals surface area (Å²) in [6, 6.07) is 1.89. The van der Waals surface area contributed by atoms with E-state index in [9.17, 15) is 28.7 Å². The van der Waals surface area contributed by atoms with Crippen molar-refractivity contribution in [2.24, 2.45) is 0 Å². The number of thioether (sulfide) groups is 1. The number of nitrogens with one attached hydrogen (secondary N) is 2. The van der Waals surface area contributed by atoms with Gasteiger partial charge in [0.15, 0.2) is 0 Å². The number of carbonyl (C=O) groups is 4. The summed E-state index contributed by atoms with van der Waals surface area (Å²) in [7, 11) is 0. The maximum absolute atomic E-state index is 12.8. The Kier molecular flexibility index (Phi) is 9.06. The van der Waals surface area contributed by atoms with E-state index in [0.29, 0.717) is 5.75 Å². The van der Waals surface area contributed by atoms with Crippen LogP contribution in [0.2, 0.25) is 0 Å². The molecule has 0 saturated carbocycles. The number of carboxylic acids is 3. The van der Waals surface area contributed by atoms with E-state index >= 15 is 0 Å². The average molecular weight is 402 g/mol. The molecule has 0 radical (unpaired) electrons. The number of hydrogen-bond acceptors (Lipinski definition) is 5.